The van der Waals surface area contributed by atoms with Gasteiger partial charge in [-0.15, -0.1) is 0 Å². The fourth-order valence-corrected chi connectivity index (χ4v) is 3.22. The Morgan fingerprint density at radius 3 is 2.12 bits per heavy atom. The number of unbranched alkanes of at least 4 members (excludes halogenated alkanes) is 1. The predicted molar refractivity (Wildman–Crippen MR) is 103 cm³/mol. The summed E-state index contributed by atoms with van der Waals surface area (Å²) >= 11 is 0. The minimum atomic E-state index is 0.190. The van der Waals surface area contributed by atoms with Crippen LogP contribution in [0.15, 0.2) is 24.3 Å². The van der Waals surface area contributed by atoms with Crippen LogP contribution in [0.1, 0.15) is 58.4 Å². The minimum absolute atomic E-state index is 0.190. The molecule has 1 aliphatic rings. The standard InChI is InChI=1S/C21H34N2O/c1-17(2)19-8-10-20(11-9-19)23-15-13-22(14-16-23)12-6-5-7-21(24)18(3)4/h8-11,17-18H,5-7,12-16H2,1-4H3. The van der Waals surface area contributed by atoms with E-state index < -0.39 is 0 Å². The molecule has 0 amide bonds. The zero-order valence-corrected chi connectivity index (χ0v) is 15.9. The van der Waals surface area contributed by atoms with Crippen molar-refractivity contribution < 1.29 is 4.79 Å². The molecule has 0 atom stereocenters. The number of anilines is 1. The van der Waals surface area contributed by atoms with Crippen LogP contribution in [0.25, 0.3) is 0 Å². The topological polar surface area (TPSA) is 23.6 Å². The molecule has 0 aliphatic carbocycles. The Kier molecular flexibility index (Phi) is 7.29. The number of nitrogens with zero attached hydrogens (tertiary/aromatic N) is 2. The van der Waals surface area contributed by atoms with Gasteiger partial charge in [0.1, 0.15) is 5.78 Å². The van der Waals surface area contributed by atoms with Crippen LogP contribution in [0, 0.1) is 5.92 Å². The predicted octanol–water partition coefficient (Wildman–Crippen LogP) is 4.33. The van der Waals surface area contributed by atoms with Crippen molar-refractivity contribution in [3.8, 4) is 0 Å². The van der Waals surface area contributed by atoms with Crippen LogP contribution in [0.3, 0.4) is 0 Å². The van der Waals surface area contributed by atoms with Crippen molar-refractivity contribution in [3.63, 3.8) is 0 Å². The molecule has 1 saturated heterocycles. The second-order valence-electron chi connectivity index (χ2n) is 7.65. The maximum absolute atomic E-state index is 11.6. The Balaban J connectivity index is 1.68. The zero-order valence-electron chi connectivity index (χ0n) is 15.9. The first-order valence-electron chi connectivity index (χ1n) is 9.57. The van der Waals surface area contributed by atoms with Crippen molar-refractivity contribution in [1.82, 2.24) is 4.90 Å². The lowest BCUT2D eigenvalue weighted by Gasteiger charge is -2.36. The number of hydrogen-bond acceptors (Lipinski definition) is 3. The largest absolute Gasteiger partial charge is 0.369 e. The number of rotatable bonds is 8. The van der Waals surface area contributed by atoms with Crippen molar-refractivity contribution in [2.24, 2.45) is 5.92 Å². The van der Waals surface area contributed by atoms with Crippen LogP contribution < -0.4 is 4.90 Å². The highest BCUT2D eigenvalue weighted by Crippen LogP contribution is 2.21. The molecule has 0 radical (unpaired) electrons. The molecule has 0 spiro atoms. The highest BCUT2D eigenvalue weighted by atomic mass is 16.1. The highest BCUT2D eigenvalue weighted by Gasteiger charge is 2.17. The second-order valence-corrected chi connectivity index (χ2v) is 7.65. The van der Waals surface area contributed by atoms with Gasteiger partial charge < -0.3 is 4.90 Å². The Morgan fingerprint density at radius 2 is 1.58 bits per heavy atom. The summed E-state index contributed by atoms with van der Waals surface area (Å²) in [6, 6.07) is 9.06. The number of carbonyl (C=O) groups is 1. The van der Waals surface area contributed by atoms with Crippen molar-refractivity contribution in [2.75, 3.05) is 37.6 Å². The second kappa shape index (κ2) is 9.22. The van der Waals surface area contributed by atoms with E-state index in [4.69, 9.17) is 0 Å². The molecule has 1 aromatic carbocycles. The van der Waals surface area contributed by atoms with E-state index in [1.807, 2.05) is 13.8 Å². The minimum Gasteiger partial charge on any atom is -0.369 e. The molecule has 2 rings (SSSR count). The number of benzene rings is 1. The van der Waals surface area contributed by atoms with E-state index in [0.717, 1.165) is 52.0 Å². The van der Waals surface area contributed by atoms with E-state index in [2.05, 4.69) is 47.9 Å². The van der Waals surface area contributed by atoms with E-state index in [1.165, 1.54) is 11.3 Å². The summed E-state index contributed by atoms with van der Waals surface area (Å²) < 4.78 is 0. The highest BCUT2D eigenvalue weighted by molar-refractivity contribution is 5.80. The summed E-state index contributed by atoms with van der Waals surface area (Å²) in [6.45, 7) is 14.1. The number of Topliss-reactive ketones (excluding diaryl/α,β-unsaturated/α-hetero) is 1. The van der Waals surface area contributed by atoms with Gasteiger partial charge in [-0.2, -0.15) is 0 Å². The first-order valence-corrected chi connectivity index (χ1v) is 9.57. The van der Waals surface area contributed by atoms with Gasteiger partial charge in [0.2, 0.25) is 0 Å². The molecule has 0 N–H and O–H groups in total. The molecule has 0 aromatic heterocycles. The molecule has 1 aromatic rings. The Bertz CT molecular complexity index is 499. The molecule has 0 saturated carbocycles. The van der Waals surface area contributed by atoms with Crippen LogP contribution in [-0.2, 0) is 4.79 Å². The smallest absolute Gasteiger partial charge is 0.135 e. The van der Waals surface area contributed by atoms with E-state index in [9.17, 15) is 4.79 Å². The summed E-state index contributed by atoms with van der Waals surface area (Å²) in [7, 11) is 0. The average Bonchev–Trinajstić information content (AvgIpc) is 2.59. The molecular weight excluding hydrogens is 296 g/mol. The summed E-state index contributed by atoms with van der Waals surface area (Å²) in [6.07, 6.45) is 2.93. The molecule has 134 valence electrons. The lowest BCUT2D eigenvalue weighted by Crippen LogP contribution is -2.46. The van der Waals surface area contributed by atoms with Gasteiger partial charge in [0.25, 0.3) is 0 Å². The molecule has 3 heteroatoms. The van der Waals surface area contributed by atoms with Crippen molar-refractivity contribution >= 4 is 11.5 Å². The first kappa shape index (κ1) is 19.0. The number of piperazine rings is 1. The van der Waals surface area contributed by atoms with Crippen molar-refractivity contribution in [3.05, 3.63) is 29.8 Å². The van der Waals surface area contributed by atoms with E-state index >= 15 is 0 Å². The van der Waals surface area contributed by atoms with Crippen molar-refractivity contribution in [1.29, 1.82) is 0 Å². The molecule has 3 nitrogen and oxygen atoms in total. The maximum atomic E-state index is 11.6. The summed E-state index contributed by atoms with van der Waals surface area (Å²) in [5, 5.41) is 0. The van der Waals surface area contributed by atoms with Crippen LogP contribution in [-0.4, -0.2) is 43.4 Å². The third-order valence-electron chi connectivity index (χ3n) is 5.09. The maximum Gasteiger partial charge on any atom is 0.135 e. The van der Waals surface area contributed by atoms with Crippen LogP contribution in [0.2, 0.25) is 0 Å². The number of carbonyl (C=O) groups excluding carboxylic acids is 1. The zero-order chi connectivity index (χ0) is 17.5. The molecule has 0 unspecified atom stereocenters. The van der Waals surface area contributed by atoms with Crippen LogP contribution >= 0.6 is 0 Å². The van der Waals surface area contributed by atoms with Gasteiger partial charge in [0, 0.05) is 44.2 Å². The number of ketones is 1. The van der Waals surface area contributed by atoms with Gasteiger partial charge in [0.15, 0.2) is 0 Å². The molecular formula is C21H34N2O. The summed E-state index contributed by atoms with van der Waals surface area (Å²) in [4.78, 5) is 16.7. The third kappa shape index (κ3) is 5.62. The van der Waals surface area contributed by atoms with Gasteiger partial charge in [-0.25, -0.2) is 0 Å². The fraction of sp³-hybridized carbons (Fsp3) is 0.667. The lowest BCUT2D eigenvalue weighted by atomic mass is 10.0. The summed E-state index contributed by atoms with van der Waals surface area (Å²) in [5.74, 6) is 1.19. The van der Waals surface area contributed by atoms with Gasteiger partial charge >= 0.3 is 0 Å². The molecule has 24 heavy (non-hydrogen) atoms. The fourth-order valence-electron chi connectivity index (χ4n) is 3.22. The molecule has 1 aliphatic heterocycles. The van der Waals surface area contributed by atoms with Crippen LogP contribution in [0.5, 0.6) is 0 Å². The van der Waals surface area contributed by atoms with Crippen LogP contribution in [0.4, 0.5) is 5.69 Å². The Hall–Kier alpha value is -1.35. The lowest BCUT2D eigenvalue weighted by molar-refractivity contribution is -0.122. The SMILES string of the molecule is CC(C)C(=O)CCCCN1CCN(c2ccc(C(C)C)cc2)CC1. The van der Waals surface area contributed by atoms with E-state index in [0.29, 0.717) is 11.7 Å². The monoisotopic (exact) mass is 330 g/mol. The normalized spacial score (nSPS) is 16.2. The van der Waals surface area contributed by atoms with Crippen molar-refractivity contribution in [2.45, 2.75) is 52.9 Å². The molecule has 1 fully saturated rings. The van der Waals surface area contributed by atoms with Gasteiger partial charge in [0.05, 0.1) is 0 Å². The average molecular weight is 331 g/mol. The van der Waals surface area contributed by atoms with E-state index in [1.54, 1.807) is 0 Å². The third-order valence-corrected chi connectivity index (χ3v) is 5.09. The van der Waals surface area contributed by atoms with E-state index in [-0.39, 0.29) is 5.92 Å². The van der Waals surface area contributed by atoms with Gasteiger partial charge in [-0.05, 0) is 43.0 Å². The first-order chi connectivity index (χ1) is 11.5. The van der Waals surface area contributed by atoms with Gasteiger partial charge in [-0.1, -0.05) is 39.8 Å². The quantitative estimate of drug-likeness (QED) is 0.663. The number of hydrogen-bond donors (Lipinski definition) is 0. The Labute approximate surface area is 148 Å². The van der Waals surface area contributed by atoms with Gasteiger partial charge in [-0.3, -0.25) is 9.69 Å². The summed E-state index contributed by atoms with van der Waals surface area (Å²) in [5.41, 5.74) is 2.76. The Morgan fingerprint density at radius 1 is 0.958 bits per heavy atom. The molecule has 0 bridgehead atoms. The molecule has 1 heterocycles.